The zero-order chi connectivity index (χ0) is 18.0. The van der Waals surface area contributed by atoms with Crippen molar-refractivity contribution < 1.29 is 14.3 Å². The summed E-state index contributed by atoms with van der Waals surface area (Å²) in [5.41, 5.74) is 0.404. The molecule has 1 unspecified atom stereocenters. The summed E-state index contributed by atoms with van der Waals surface area (Å²) >= 11 is 0. The number of piperidine rings is 1. The molecule has 0 amide bonds. The molecule has 0 spiro atoms. The van der Waals surface area contributed by atoms with Crippen LogP contribution in [0.3, 0.4) is 0 Å². The van der Waals surface area contributed by atoms with Crippen molar-refractivity contribution in [2.24, 2.45) is 0 Å². The molecule has 0 bridgehead atoms. The Labute approximate surface area is 147 Å². The van der Waals surface area contributed by atoms with E-state index in [0.717, 1.165) is 32.4 Å². The SMILES string of the molecule is COC(=O)c1cn(C2(C)CCOC2)c(=O)cc1NC1CCN(C)CC1. The van der Waals surface area contributed by atoms with Crippen molar-refractivity contribution in [3.63, 3.8) is 0 Å². The first-order valence-corrected chi connectivity index (χ1v) is 8.81. The third kappa shape index (κ3) is 3.72. The van der Waals surface area contributed by atoms with Crippen LogP contribution in [-0.4, -0.2) is 61.9 Å². The standard InChI is InChI=1S/C18H27N3O4/c1-18(6-9-25-12-18)21-11-14(17(23)24-3)15(10-16(21)22)19-13-4-7-20(2)8-5-13/h10-11,13,19H,4-9,12H2,1-3H3. The van der Waals surface area contributed by atoms with Gasteiger partial charge in [-0.2, -0.15) is 0 Å². The fourth-order valence-corrected chi connectivity index (χ4v) is 3.57. The normalized spacial score (nSPS) is 25.1. The van der Waals surface area contributed by atoms with Gasteiger partial charge in [0.25, 0.3) is 5.56 Å². The first kappa shape index (κ1) is 17.9. The molecule has 1 atom stereocenters. The average molecular weight is 349 g/mol. The number of anilines is 1. The summed E-state index contributed by atoms with van der Waals surface area (Å²) in [6, 6.07) is 1.77. The molecule has 0 saturated carbocycles. The van der Waals surface area contributed by atoms with Gasteiger partial charge in [-0.3, -0.25) is 4.79 Å². The van der Waals surface area contributed by atoms with Gasteiger partial charge in [0, 0.05) is 24.9 Å². The quantitative estimate of drug-likeness (QED) is 0.826. The topological polar surface area (TPSA) is 72.8 Å². The number of esters is 1. The van der Waals surface area contributed by atoms with Gasteiger partial charge in [0.1, 0.15) is 0 Å². The van der Waals surface area contributed by atoms with Crippen molar-refractivity contribution in [2.75, 3.05) is 45.8 Å². The number of rotatable bonds is 4. The molecule has 2 saturated heterocycles. The van der Waals surface area contributed by atoms with Crippen molar-refractivity contribution in [3.8, 4) is 0 Å². The van der Waals surface area contributed by atoms with Crippen LogP contribution in [0.25, 0.3) is 0 Å². The fourth-order valence-electron chi connectivity index (χ4n) is 3.57. The lowest BCUT2D eigenvalue weighted by Gasteiger charge is -2.31. The van der Waals surface area contributed by atoms with Crippen LogP contribution in [-0.2, 0) is 15.0 Å². The highest BCUT2D eigenvalue weighted by Crippen LogP contribution is 2.27. The first-order valence-electron chi connectivity index (χ1n) is 8.81. The molecule has 1 aromatic rings. The lowest BCUT2D eigenvalue weighted by atomic mass is 10.00. The molecule has 25 heavy (non-hydrogen) atoms. The summed E-state index contributed by atoms with van der Waals surface area (Å²) in [5.74, 6) is -0.438. The van der Waals surface area contributed by atoms with E-state index in [9.17, 15) is 9.59 Å². The zero-order valence-corrected chi connectivity index (χ0v) is 15.2. The van der Waals surface area contributed by atoms with Crippen molar-refractivity contribution in [1.29, 1.82) is 0 Å². The van der Waals surface area contributed by atoms with E-state index in [1.807, 2.05) is 6.92 Å². The number of methoxy groups -OCH3 is 1. The van der Waals surface area contributed by atoms with Crippen LogP contribution < -0.4 is 10.9 Å². The zero-order valence-electron chi connectivity index (χ0n) is 15.2. The van der Waals surface area contributed by atoms with Crippen LogP contribution in [0.2, 0.25) is 0 Å². The van der Waals surface area contributed by atoms with Crippen molar-refractivity contribution in [3.05, 3.63) is 28.2 Å². The van der Waals surface area contributed by atoms with E-state index < -0.39 is 11.5 Å². The van der Waals surface area contributed by atoms with E-state index in [-0.39, 0.29) is 11.6 Å². The summed E-state index contributed by atoms with van der Waals surface area (Å²) in [6.45, 7) is 5.06. The maximum absolute atomic E-state index is 12.7. The highest BCUT2D eigenvalue weighted by molar-refractivity contribution is 5.95. The van der Waals surface area contributed by atoms with E-state index >= 15 is 0 Å². The molecule has 0 aromatic carbocycles. The highest BCUT2D eigenvalue weighted by atomic mass is 16.5. The molecule has 3 rings (SSSR count). The van der Waals surface area contributed by atoms with Crippen LogP contribution in [0.5, 0.6) is 0 Å². The molecular formula is C18H27N3O4. The Balaban J connectivity index is 1.93. The van der Waals surface area contributed by atoms with Gasteiger partial charge in [-0.15, -0.1) is 0 Å². The van der Waals surface area contributed by atoms with Crippen LogP contribution in [0.4, 0.5) is 5.69 Å². The Hall–Kier alpha value is -1.86. The Morgan fingerprint density at radius 2 is 2.12 bits per heavy atom. The number of aromatic nitrogens is 1. The minimum absolute atomic E-state index is 0.129. The van der Waals surface area contributed by atoms with E-state index in [4.69, 9.17) is 9.47 Å². The number of nitrogens with zero attached hydrogens (tertiary/aromatic N) is 2. The molecule has 3 heterocycles. The van der Waals surface area contributed by atoms with E-state index in [1.165, 1.54) is 13.2 Å². The smallest absolute Gasteiger partial charge is 0.341 e. The predicted octanol–water partition coefficient (Wildman–Crippen LogP) is 1.28. The summed E-state index contributed by atoms with van der Waals surface area (Å²) in [5, 5.41) is 3.38. The van der Waals surface area contributed by atoms with Crippen LogP contribution in [0.15, 0.2) is 17.1 Å². The summed E-state index contributed by atoms with van der Waals surface area (Å²) in [4.78, 5) is 27.3. The van der Waals surface area contributed by atoms with Gasteiger partial charge in [0.05, 0.1) is 30.5 Å². The molecule has 2 aliphatic heterocycles. The molecule has 7 nitrogen and oxygen atoms in total. The fraction of sp³-hybridized carbons (Fsp3) is 0.667. The summed E-state index contributed by atoms with van der Waals surface area (Å²) in [6.07, 6.45) is 4.33. The van der Waals surface area contributed by atoms with Crippen molar-refractivity contribution in [1.82, 2.24) is 9.47 Å². The third-order valence-corrected chi connectivity index (χ3v) is 5.32. The van der Waals surface area contributed by atoms with Gasteiger partial charge < -0.3 is 24.3 Å². The number of hydrogen-bond donors (Lipinski definition) is 1. The molecule has 1 aromatic heterocycles. The van der Waals surface area contributed by atoms with Crippen molar-refractivity contribution >= 4 is 11.7 Å². The van der Waals surface area contributed by atoms with E-state index in [2.05, 4.69) is 17.3 Å². The monoisotopic (exact) mass is 349 g/mol. The number of carbonyl (C=O) groups excluding carboxylic acids is 1. The van der Waals surface area contributed by atoms with E-state index in [0.29, 0.717) is 24.5 Å². The maximum atomic E-state index is 12.7. The predicted molar refractivity (Wildman–Crippen MR) is 95.3 cm³/mol. The molecule has 0 aliphatic carbocycles. The molecular weight excluding hydrogens is 322 g/mol. The van der Waals surface area contributed by atoms with Crippen LogP contribution in [0, 0.1) is 0 Å². The number of likely N-dealkylation sites (tertiary alicyclic amines) is 1. The summed E-state index contributed by atoms with van der Waals surface area (Å²) in [7, 11) is 3.46. The number of ether oxygens (including phenoxy) is 2. The average Bonchev–Trinajstić information content (AvgIpc) is 3.04. The molecule has 2 fully saturated rings. The lowest BCUT2D eigenvalue weighted by Crippen LogP contribution is -2.40. The van der Waals surface area contributed by atoms with Gasteiger partial charge in [-0.1, -0.05) is 0 Å². The first-order chi connectivity index (χ1) is 11.9. The Morgan fingerprint density at radius 1 is 1.40 bits per heavy atom. The molecule has 138 valence electrons. The Kier molecular flexibility index (Phi) is 5.15. The number of carbonyl (C=O) groups is 1. The second-order valence-electron chi connectivity index (χ2n) is 7.32. The molecule has 0 radical (unpaired) electrons. The number of hydrogen-bond acceptors (Lipinski definition) is 6. The largest absolute Gasteiger partial charge is 0.465 e. The molecule has 2 aliphatic rings. The van der Waals surface area contributed by atoms with Gasteiger partial charge in [-0.25, -0.2) is 4.79 Å². The van der Waals surface area contributed by atoms with Gasteiger partial charge >= 0.3 is 5.97 Å². The van der Waals surface area contributed by atoms with Crippen LogP contribution >= 0.6 is 0 Å². The maximum Gasteiger partial charge on any atom is 0.341 e. The Morgan fingerprint density at radius 3 is 2.72 bits per heavy atom. The van der Waals surface area contributed by atoms with Gasteiger partial charge in [0.2, 0.25) is 0 Å². The highest BCUT2D eigenvalue weighted by Gasteiger charge is 2.33. The van der Waals surface area contributed by atoms with Crippen LogP contribution in [0.1, 0.15) is 36.5 Å². The van der Waals surface area contributed by atoms with Gasteiger partial charge in [0.15, 0.2) is 0 Å². The second-order valence-corrected chi connectivity index (χ2v) is 7.32. The third-order valence-electron chi connectivity index (χ3n) is 5.32. The number of pyridine rings is 1. The summed E-state index contributed by atoms with van der Waals surface area (Å²) < 4.78 is 12.0. The lowest BCUT2D eigenvalue weighted by molar-refractivity contribution is 0.0599. The van der Waals surface area contributed by atoms with Crippen molar-refractivity contribution in [2.45, 2.75) is 37.8 Å². The molecule has 1 N–H and O–H groups in total. The minimum Gasteiger partial charge on any atom is -0.465 e. The molecule has 7 heteroatoms. The Bertz CT molecular complexity index is 686. The number of nitrogens with one attached hydrogen (secondary N) is 1. The van der Waals surface area contributed by atoms with E-state index in [1.54, 1.807) is 10.8 Å². The van der Waals surface area contributed by atoms with Gasteiger partial charge in [-0.05, 0) is 46.3 Å². The second kappa shape index (κ2) is 7.17. The minimum atomic E-state index is -0.438.